The van der Waals surface area contributed by atoms with Crippen LogP contribution in [0.2, 0.25) is 5.02 Å². The summed E-state index contributed by atoms with van der Waals surface area (Å²) in [6.45, 7) is 3.89. The fraction of sp³-hybridized carbons (Fsp3) is 0.0909. The van der Waals surface area contributed by atoms with Gasteiger partial charge in [-0.05, 0) is 62.4 Å². The van der Waals surface area contributed by atoms with Crippen molar-refractivity contribution in [3.05, 3.63) is 83.2 Å². The molecule has 2 aromatic carbocycles. The number of halogens is 2. The summed E-state index contributed by atoms with van der Waals surface area (Å²) in [4.78, 5) is 16.4. The van der Waals surface area contributed by atoms with Gasteiger partial charge >= 0.3 is 6.03 Å². The number of aryl methyl sites for hydroxylation is 1. The Bertz CT molecular complexity index is 1260. The SMILES string of the molecule is Cc1ncn(-c2ccc(Oc3ccc(NC(=O)Nc4ccc(F)c(Cl)c4)cc3)nn2)c1C. The van der Waals surface area contributed by atoms with E-state index in [0.717, 1.165) is 11.4 Å². The summed E-state index contributed by atoms with van der Waals surface area (Å²) in [6.07, 6.45) is 1.70. The third-order valence-corrected chi connectivity index (χ3v) is 4.93. The molecule has 2 amide bonds. The molecule has 2 aromatic heterocycles. The van der Waals surface area contributed by atoms with E-state index in [1.807, 2.05) is 18.4 Å². The number of carbonyl (C=O) groups excluding carboxylic acids is 1. The van der Waals surface area contributed by atoms with Gasteiger partial charge in [-0.25, -0.2) is 14.2 Å². The number of amides is 2. The second kappa shape index (κ2) is 9.03. The van der Waals surface area contributed by atoms with E-state index in [0.29, 0.717) is 28.8 Å². The molecule has 162 valence electrons. The predicted octanol–water partition coefficient (Wildman–Crippen LogP) is 5.51. The van der Waals surface area contributed by atoms with Crippen LogP contribution in [0.25, 0.3) is 5.82 Å². The number of hydrogen-bond donors (Lipinski definition) is 2. The first-order chi connectivity index (χ1) is 15.4. The van der Waals surface area contributed by atoms with E-state index < -0.39 is 11.8 Å². The Labute approximate surface area is 188 Å². The van der Waals surface area contributed by atoms with Gasteiger partial charge < -0.3 is 15.4 Å². The van der Waals surface area contributed by atoms with Gasteiger partial charge in [0.2, 0.25) is 5.88 Å². The van der Waals surface area contributed by atoms with Crippen LogP contribution in [0.3, 0.4) is 0 Å². The lowest BCUT2D eigenvalue weighted by molar-refractivity contribution is 0.262. The molecule has 0 aliphatic heterocycles. The van der Waals surface area contributed by atoms with E-state index in [1.54, 1.807) is 42.7 Å². The molecule has 2 heterocycles. The normalized spacial score (nSPS) is 10.6. The molecule has 10 heteroatoms. The third-order valence-electron chi connectivity index (χ3n) is 4.64. The second-order valence-electron chi connectivity index (χ2n) is 6.85. The molecule has 0 saturated heterocycles. The molecule has 0 fully saturated rings. The largest absolute Gasteiger partial charge is 0.438 e. The van der Waals surface area contributed by atoms with Crippen molar-refractivity contribution >= 4 is 29.0 Å². The fourth-order valence-electron chi connectivity index (χ4n) is 2.82. The summed E-state index contributed by atoms with van der Waals surface area (Å²) >= 11 is 5.71. The topological polar surface area (TPSA) is 94.0 Å². The van der Waals surface area contributed by atoms with Crippen molar-refractivity contribution in [3.63, 3.8) is 0 Å². The maximum absolute atomic E-state index is 13.2. The molecule has 4 rings (SSSR count). The minimum absolute atomic E-state index is 0.0734. The first-order valence-corrected chi connectivity index (χ1v) is 9.92. The minimum atomic E-state index is -0.556. The highest BCUT2D eigenvalue weighted by molar-refractivity contribution is 6.31. The number of nitrogens with zero attached hydrogens (tertiary/aromatic N) is 4. The van der Waals surface area contributed by atoms with E-state index in [-0.39, 0.29) is 5.02 Å². The number of urea groups is 1. The zero-order chi connectivity index (χ0) is 22.7. The van der Waals surface area contributed by atoms with E-state index in [2.05, 4.69) is 25.8 Å². The number of nitrogens with one attached hydrogen (secondary N) is 2. The molecule has 0 unspecified atom stereocenters. The minimum Gasteiger partial charge on any atom is -0.438 e. The van der Waals surface area contributed by atoms with Crippen LogP contribution in [-0.4, -0.2) is 25.8 Å². The van der Waals surface area contributed by atoms with Crippen molar-refractivity contribution in [2.24, 2.45) is 0 Å². The quantitative estimate of drug-likeness (QED) is 0.416. The lowest BCUT2D eigenvalue weighted by Gasteiger charge is -2.09. The average Bonchev–Trinajstić information content (AvgIpc) is 3.11. The zero-order valence-electron chi connectivity index (χ0n) is 17.1. The first-order valence-electron chi connectivity index (χ1n) is 9.54. The van der Waals surface area contributed by atoms with Crippen molar-refractivity contribution in [2.45, 2.75) is 13.8 Å². The molecule has 0 radical (unpaired) electrons. The third kappa shape index (κ3) is 4.84. The van der Waals surface area contributed by atoms with Crippen LogP contribution < -0.4 is 15.4 Å². The smallest absolute Gasteiger partial charge is 0.323 e. The van der Waals surface area contributed by atoms with Crippen molar-refractivity contribution in [2.75, 3.05) is 10.6 Å². The molecule has 0 spiro atoms. The van der Waals surface area contributed by atoms with Gasteiger partial charge in [-0.3, -0.25) is 4.57 Å². The molecule has 0 atom stereocenters. The lowest BCUT2D eigenvalue weighted by atomic mass is 10.3. The molecule has 0 aliphatic rings. The van der Waals surface area contributed by atoms with Crippen LogP contribution >= 0.6 is 11.6 Å². The standard InChI is InChI=1S/C22H18ClFN6O2/c1-13-14(2)30(12-25-13)20-9-10-21(29-28-20)32-17-6-3-15(4-7-17)26-22(31)27-16-5-8-19(24)18(23)11-16/h3-12H,1-2H3,(H2,26,27,31). The van der Waals surface area contributed by atoms with Gasteiger partial charge in [0, 0.05) is 23.1 Å². The second-order valence-corrected chi connectivity index (χ2v) is 7.26. The van der Waals surface area contributed by atoms with Crippen LogP contribution in [0.1, 0.15) is 11.4 Å². The molecule has 32 heavy (non-hydrogen) atoms. The van der Waals surface area contributed by atoms with Crippen LogP contribution in [0.15, 0.2) is 60.9 Å². The van der Waals surface area contributed by atoms with Gasteiger partial charge in [0.05, 0.1) is 10.7 Å². The number of rotatable bonds is 5. The number of ether oxygens (including phenoxy) is 1. The molecule has 2 N–H and O–H groups in total. The van der Waals surface area contributed by atoms with Crippen molar-refractivity contribution in [3.8, 4) is 17.4 Å². The Hall–Kier alpha value is -3.98. The van der Waals surface area contributed by atoms with E-state index >= 15 is 0 Å². The Balaban J connectivity index is 1.35. The number of benzene rings is 2. The molecule has 0 aliphatic carbocycles. The molecular formula is C22H18ClFN6O2. The summed E-state index contributed by atoms with van der Waals surface area (Å²) in [5.74, 6) is 0.941. The first kappa shape index (κ1) is 21.3. The highest BCUT2D eigenvalue weighted by atomic mass is 35.5. The Morgan fingerprint density at radius 2 is 1.72 bits per heavy atom. The van der Waals surface area contributed by atoms with Crippen LogP contribution in [0, 0.1) is 19.7 Å². The van der Waals surface area contributed by atoms with Crippen LogP contribution in [0.5, 0.6) is 11.6 Å². The van der Waals surface area contributed by atoms with Crippen LogP contribution in [0.4, 0.5) is 20.6 Å². The van der Waals surface area contributed by atoms with Crippen LogP contribution in [-0.2, 0) is 0 Å². The van der Waals surface area contributed by atoms with Gasteiger partial charge in [-0.1, -0.05) is 11.6 Å². The number of aromatic nitrogens is 4. The molecular weight excluding hydrogens is 435 g/mol. The van der Waals surface area contributed by atoms with E-state index in [1.165, 1.54) is 18.2 Å². The van der Waals surface area contributed by atoms with Crippen molar-refractivity contribution < 1.29 is 13.9 Å². The van der Waals surface area contributed by atoms with E-state index in [4.69, 9.17) is 16.3 Å². The number of imidazole rings is 1. The van der Waals surface area contributed by atoms with Gasteiger partial charge in [-0.2, -0.15) is 0 Å². The number of hydrogen-bond acceptors (Lipinski definition) is 5. The Morgan fingerprint density at radius 3 is 2.34 bits per heavy atom. The maximum Gasteiger partial charge on any atom is 0.323 e. The van der Waals surface area contributed by atoms with Gasteiger partial charge in [-0.15, -0.1) is 10.2 Å². The van der Waals surface area contributed by atoms with Gasteiger partial charge in [0.15, 0.2) is 5.82 Å². The Kier molecular flexibility index (Phi) is 6.00. The summed E-state index contributed by atoms with van der Waals surface area (Å²) in [5.41, 5.74) is 2.82. The number of anilines is 2. The zero-order valence-corrected chi connectivity index (χ0v) is 17.9. The van der Waals surface area contributed by atoms with Crippen molar-refractivity contribution in [1.82, 2.24) is 19.7 Å². The predicted molar refractivity (Wildman–Crippen MR) is 119 cm³/mol. The summed E-state index contributed by atoms with van der Waals surface area (Å²) < 4.78 is 20.8. The van der Waals surface area contributed by atoms with Gasteiger partial charge in [0.1, 0.15) is 17.9 Å². The highest BCUT2D eigenvalue weighted by Gasteiger charge is 2.08. The summed E-state index contributed by atoms with van der Waals surface area (Å²) in [6, 6.07) is 13.6. The lowest BCUT2D eigenvalue weighted by Crippen LogP contribution is -2.19. The Morgan fingerprint density at radius 1 is 1.00 bits per heavy atom. The highest BCUT2D eigenvalue weighted by Crippen LogP contribution is 2.23. The summed E-state index contributed by atoms with van der Waals surface area (Å²) in [5, 5.41) is 13.4. The number of carbonyl (C=O) groups is 1. The molecule has 4 aromatic rings. The average molecular weight is 453 g/mol. The van der Waals surface area contributed by atoms with Crippen molar-refractivity contribution in [1.29, 1.82) is 0 Å². The van der Waals surface area contributed by atoms with Gasteiger partial charge in [0.25, 0.3) is 0 Å². The van der Waals surface area contributed by atoms with E-state index in [9.17, 15) is 9.18 Å². The summed E-state index contributed by atoms with van der Waals surface area (Å²) in [7, 11) is 0. The molecule has 0 saturated carbocycles. The molecule has 0 bridgehead atoms. The maximum atomic E-state index is 13.2. The fourth-order valence-corrected chi connectivity index (χ4v) is 3.00. The molecule has 8 nitrogen and oxygen atoms in total. The monoisotopic (exact) mass is 452 g/mol.